The highest BCUT2D eigenvalue weighted by atomic mass is 16.7. The zero-order chi connectivity index (χ0) is 12.4. The fourth-order valence-electron chi connectivity index (χ4n) is 1.67. The molecule has 2 aromatic rings. The maximum atomic E-state index is 5.59. The largest absolute Gasteiger partial charge is 0.487 e. The Kier molecular flexibility index (Phi) is 2.64. The first-order valence-electron chi connectivity index (χ1n) is 5.54. The monoisotopic (exact) mass is 244 g/mol. The molecule has 0 saturated carbocycles. The molecule has 0 saturated heterocycles. The van der Waals surface area contributed by atoms with Crippen molar-refractivity contribution in [2.24, 2.45) is 0 Å². The Morgan fingerprint density at radius 3 is 2.89 bits per heavy atom. The maximum absolute atomic E-state index is 5.59. The molecule has 0 radical (unpaired) electrons. The molecule has 0 aliphatic carbocycles. The summed E-state index contributed by atoms with van der Waals surface area (Å²) in [5, 5.41) is 0. The van der Waals surface area contributed by atoms with Gasteiger partial charge in [-0.2, -0.15) is 0 Å². The van der Waals surface area contributed by atoms with Gasteiger partial charge >= 0.3 is 0 Å². The molecule has 3 rings (SSSR count). The van der Waals surface area contributed by atoms with E-state index in [-0.39, 0.29) is 6.79 Å². The molecule has 0 unspecified atom stereocenters. The SMILES string of the molecule is Nc1ccc(OCc2ccc3c(c2)OCO3)cn1. The molecule has 1 aliphatic heterocycles. The van der Waals surface area contributed by atoms with Gasteiger partial charge in [-0.05, 0) is 29.8 Å². The number of nitrogen functional groups attached to an aromatic ring is 1. The minimum absolute atomic E-state index is 0.279. The topological polar surface area (TPSA) is 66.6 Å². The van der Waals surface area contributed by atoms with Crippen LogP contribution in [0.1, 0.15) is 5.56 Å². The van der Waals surface area contributed by atoms with Crippen molar-refractivity contribution < 1.29 is 14.2 Å². The van der Waals surface area contributed by atoms with Gasteiger partial charge in [0.15, 0.2) is 11.5 Å². The third-order valence-corrected chi connectivity index (χ3v) is 2.60. The van der Waals surface area contributed by atoms with Crippen LogP contribution >= 0.6 is 0 Å². The first kappa shape index (κ1) is 10.7. The molecule has 18 heavy (non-hydrogen) atoms. The van der Waals surface area contributed by atoms with Crippen LogP contribution in [0.2, 0.25) is 0 Å². The van der Waals surface area contributed by atoms with Crippen LogP contribution in [-0.4, -0.2) is 11.8 Å². The van der Waals surface area contributed by atoms with Crippen LogP contribution in [0.5, 0.6) is 17.2 Å². The van der Waals surface area contributed by atoms with Crippen LogP contribution in [0, 0.1) is 0 Å². The molecule has 1 aromatic heterocycles. The van der Waals surface area contributed by atoms with Crippen LogP contribution < -0.4 is 19.9 Å². The minimum Gasteiger partial charge on any atom is -0.487 e. The van der Waals surface area contributed by atoms with Crippen molar-refractivity contribution >= 4 is 5.82 Å². The summed E-state index contributed by atoms with van der Waals surface area (Å²) in [5.41, 5.74) is 6.51. The smallest absolute Gasteiger partial charge is 0.231 e. The number of ether oxygens (including phenoxy) is 3. The van der Waals surface area contributed by atoms with Crippen molar-refractivity contribution in [2.75, 3.05) is 12.5 Å². The summed E-state index contributed by atoms with van der Waals surface area (Å²) in [6, 6.07) is 9.22. The van der Waals surface area contributed by atoms with Gasteiger partial charge in [0.25, 0.3) is 0 Å². The number of nitrogens with two attached hydrogens (primary N) is 1. The van der Waals surface area contributed by atoms with E-state index in [4.69, 9.17) is 19.9 Å². The van der Waals surface area contributed by atoms with E-state index in [1.165, 1.54) is 0 Å². The summed E-state index contributed by atoms with van der Waals surface area (Å²) in [7, 11) is 0. The standard InChI is InChI=1S/C13H12N2O3/c14-13-4-2-10(6-15-13)16-7-9-1-3-11-12(5-9)18-8-17-11/h1-6H,7-8H2,(H2,14,15). The molecular weight excluding hydrogens is 232 g/mol. The van der Waals surface area contributed by atoms with Crippen molar-refractivity contribution in [1.82, 2.24) is 4.98 Å². The van der Waals surface area contributed by atoms with E-state index < -0.39 is 0 Å². The Hall–Kier alpha value is -2.43. The number of hydrogen-bond donors (Lipinski definition) is 1. The van der Waals surface area contributed by atoms with E-state index in [0.717, 1.165) is 17.1 Å². The van der Waals surface area contributed by atoms with Gasteiger partial charge in [-0.25, -0.2) is 4.98 Å². The van der Waals surface area contributed by atoms with E-state index in [9.17, 15) is 0 Å². The molecule has 2 N–H and O–H groups in total. The number of aromatic nitrogens is 1. The third-order valence-electron chi connectivity index (χ3n) is 2.60. The van der Waals surface area contributed by atoms with Crippen LogP contribution in [0.3, 0.4) is 0 Å². The number of anilines is 1. The van der Waals surface area contributed by atoms with E-state index in [1.807, 2.05) is 18.2 Å². The van der Waals surface area contributed by atoms with Crippen molar-refractivity contribution in [2.45, 2.75) is 6.61 Å². The summed E-state index contributed by atoms with van der Waals surface area (Å²) < 4.78 is 16.1. The zero-order valence-corrected chi connectivity index (χ0v) is 9.63. The van der Waals surface area contributed by atoms with Gasteiger partial charge in [0.1, 0.15) is 18.2 Å². The fraction of sp³-hybridized carbons (Fsp3) is 0.154. The molecule has 0 spiro atoms. The summed E-state index contributed by atoms with van der Waals surface area (Å²) >= 11 is 0. The summed E-state index contributed by atoms with van der Waals surface area (Å²) in [4.78, 5) is 3.96. The average Bonchev–Trinajstić information content (AvgIpc) is 2.85. The van der Waals surface area contributed by atoms with E-state index in [0.29, 0.717) is 18.2 Å². The summed E-state index contributed by atoms with van der Waals surface area (Å²) in [6.07, 6.45) is 1.60. The van der Waals surface area contributed by atoms with Crippen molar-refractivity contribution in [3.05, 3.63) is 42.1 Å². The van der Waals surface area contributed by atoms with E-state index >= 15 is 0 Å². The maximum Gasteiger partial charge on any atom is 0.231 e. The van der Waals surface area contributed by atoms with E-state index in [2.05, 4.69) is 4.98 Å². The van der Waals surface area contributed by atoms with Crippen LogP contribution in [0.25, 0.3) is 0 Å². The van der Waals surface area contributed by atoms with E-state index in [1.54, 1.807) is 18.3 Å². The molecule has 2 heterocycles. The number of nitrogens with zero attached hydrogens (tertiary/aromatic N) is 1. The quantitative estimate of drug-likeness (QED) is 0.894. The van der Waals surface area contributed by atoms with Crippen molar-refractivity contribution in [3.8, 4) is 17.2 Å². The van der Waals surface area contributed by atoms with Gasteiger partial charge in [-0.15, -0.1) is 0 Å². The number of hydrogen-bond acceptors (Lipinski definition) is 5. The highest BCUT2D eigenvalue weighted by molar-refractivity contribution is 5.44. The van der Waals surface area contributed by atoms with Crippen molar-refractivity contribution in [3.63, 3.8) is 0 Å². The van der Waals surface area contributed by atoms with Gasteiger partial charge in [0.05, 0.1) is 6.20 Å². The Morgan fingerprint density at radius 1 is 1.17 bits per heavy atom. The van der Waals surface area contributed by atoms with Gasteiger partial charge in [0.2, 0.25) is 6.79 Å². The van der Waals surface area contributed by atoms with Gasteiger partial charge < -0.3 is 19.9 Å². The predicted octanol–water partition coefficient (Wildman–Crippen LogP) is 1.97. The Bertz CT molecular complexity index is 555. The lowest BCUT2D eigenvalue weighted by Crippen LogP contribution is -1.97. The molecule has 0 fully saturated rings. The molecule has 0 bridgehead atoms. The van der Waals surface area contributed by atoms with Gasteiger partial charge in [0, 0.05) is 0 Å². The highest BCUT2D eigenvalue weighted by Crippen LogP contribution is 2.32. The third kappa shape index (κ3) is 2.15. The first-order valence-corrected chi connectivity index (χ1v) is 5.54. The van der Waals surface area contributed by atoms with Crippen molar-refractivity contribution in [1.29, 1.82) is 0 Å². The lowest BCUT2D eigenvalue weighted by Gasteiger charge is -2.06. The molecule has 5 heteroatoms. The molecular formula is C13H12N2O3. The Balaban J connectivity index is 1.68. The second kappa shape index (κ2) is 4.44. The van der Waals surface area contributed by atoms with Gasteiger partial charge in [-0.3, -0.25) is 0 Å². The lowest BCUT2D eigenvalue weighted by atomic mass is 10.2. The lowest BCUT2D eigenvalue weighted by molar-refractivity contribution is 0.174. The average molecular weight is 244 g/mol. The minimum atomic E-state index is 0.279. The zero-order valence-electron chi connectivity index (χ0n) is 9.63. The molecule has 1 aliphatic rings. The number of fused-ring (bicyclic) bond motifs is 1. The number of rotatable bonds is 3. The normalized spacial score (nSPS) is 12.4. The van der Waals surface area contributed by atoms with Crippen LogP contribution in [0.4, 0.5) is 5.82 Å². The number of benzene rings is 1. The van der Waals surface area contributed by atoms with Crippen LogP contribution in [-0.2, 0) is 6.61 Å². The first-order chi connectivity index (χ1) is 8.81. The summed E-state index contributed by atoms with van der Waals surface area (Å²) in [6.45, 7) is 0.726. The molecule has 5 nitrogen and oxygen atoms in total. The fourth-order valence-corrected chi connectivity index (χ4v) is 1.67. The molecule has 0 atom stereocenters. The molecule has 1 aromatic carbocycles. The Morgan fingerprint density at radius 2 is 2.06 bits per heavy atom. The Labute approximate surface area is 104 Å². The highest BCUT2D eigenvalue weighted by Gasteiger charge is 2.13. The number of pyridine rings is 1. The second-order valence-corrected chi connectivity index (χ2v) is 3.90. The predicted molar refractivity (Wildman–Crippen MR) is 65.5 cm³/mol. The molecule has 0 amide bonds. The molecule has 92 valence electrons. The summed E-state index contributed by atoms with van der Waals surface area (Å²) in [5.74, 6) is 2.69. The van der Waals surface area contributed by atoms with Gasteiger partial charge in [-0.1, -0.05) is 6.07 Å². The second-order valence-electron chi connectivity index (χ2n) is 3.90. The van der Waals surface area contributed by atoms with Crippen LogP contribution in [0.15, 0.2) is 36.5 Å².